The second-order valence-corrected chi connectivity index (χ2v) is 15.6. The maximum Gasteiger partial charge on any atom is 0.307 e. The van der Waals surface area contributed by atoms with Crippen LogP contribution in [0.2, 0.25) is 0 Å². The number of carbonyl (C=O) groups excluding carboxylic acids is 1. The van der Waals surface area contributed by atoms with E-state index in [1.165, 1.54) is 89.9 Å². The van der Waals surface area contributed by atoms with Crippen LogP contribution in [0.4, 0.5) is 0 Å². The molecule has 0 fully saturated rings. The summed E-state index contributed by atoms with van der Waals surface area (Å²) in [5.41, 5.74) is 0. The van der Waals surface area contributed by atoms with E-state index in [0.29, 0.717) is 19.6 Å². The summed E-state index contributed by atoms with van der Waals surface area (Å²) in [6, 6.07) is -0.322. The molecule has 0 aliphatic rings. The van der Waals surface area contributed by atoms with Gasteiger partial charge in [-0.15, -0.1) is 0 Å². The Hall–Kier alpha value is -0.920. The second kappa shape index (κ2) is 31.7. The van der Waals surface area contributed by atoms with Gasteiger partial charge < -0.3 is 9.64 Å². The third-order valence-corrected chi connectivity index (χ3v) is 10.7. The molecule has 0 saturated carbocycles. The average molecular weight is 657 g/mol. The van der Waals surface area contributed by atoms with Gasteiger partial charge in [0.25, 0.3) is 0 Å². The Morgan fingerprint density at radius 2 is 1.11 bits per heavy atom. The number of carbonyl (C=O) groups is 1. The van der Waals surface area contributed by atoms with E-state index >= 15 is 0 Å². The van der Waals surface area contributed by atoms with Crippen LogP contribution in [0.25, 0.3) is 0 Å². The van der Waals surface area contributed by atoms with E-state index < -0.39 is 10.0 Å². The molecule has 6 nitrogen and oxygen atoms in total. The Morgan fingerprint density at radius 3 is 1.67 bits per heavy atom. The molecule has 0 radical (unpaired) electrons. The van der Waals surface area contributed by atoms with Crippen molar-refractivity contribution in [3.05, 3.63) is 12.2 Å². The topological polar surface area (TPSA) is 66.9 Å². The molecule has 268 valence electrons. The summed E-state index contributed by atoms with van der Waals surface area (Å²) in [5.74, 6) is -0.0800. The van der Waals surface area contributed by atoms with Crippen LogP contribution in [0.15, 0.2) is 12.2 Å². The lowest BCUT2D eigenvalue weighted by molar-refractivity contribution is -0.144. The molecule has 0 rings (SSSR count). The van der Waals surface area contributed by atoms with Gasteiger partial charge in [-0.25, -0.2) is 8.42 Å². The normalized spacial score (nSPS) is 13.0. The monoisotopic (exact) mass is 657 g/mol. The standard InChI is InChI=1S/C38H76N2O4S/c1-6-9-12-15-18-20-23-26-29-35-45(42,43)40(33-30-32-39(4)5)37(31-27-24-21-17-14-11-8-3)36-38(41)44-34-28-25-22-19-16-13-10-7-2/h19,22,37H,6-18,20-21,23-36H2,1-5H3/b22-19-. The van der Waals surface area contributed by atoms with Gasteiger partial charge in [0.05, 0.1) is 18.8 Å². The highest BCUT2D eigenvalue weighted by atomic mass is 32.2. The van der Waals surface area contributed by atoms with Crippen LogP contribution in [0.1, 0.15) is 181 Å². The number of hydrogen-bond acceptors (Lipinski definition) is 5. The summed E-state index contributed by atoms with van der Waals surface area (Å²) < 4.78 is 35.0. The van der Waals surface area contributed by atoms with Gasteiger partial charge in [0.1, 0.15) is 0 Å². The molecule has 7 heteroatoms. The fourth-order valence-corrected chi connectivity index (χ4v) is 7.72. The van der Waals surface area contributed by atoms with Crippen molar-refractivity contribution in [3.63, 3.8) is 0 Å². The first-order chi connectivity index (χ1) is 21.8. The molecular formula is C38H76N2O4S. The molecule has 0 aromatic carbocycles. The van der Waals surface area contributed by atoms with E-state index in [2.05, 4.69) is 37.8 Å². The van der Waals surface area contributed by atoms with Crippen LogP contribution in [0.5, 0.6) is 0 Å². The molecule has 0 saturated heterocycles. The Bertz CT molecular complexity index is 785. The fraction of sp³-hybridized carbons (Fsp3) is 0.921. The molecule has 0 amide bonds. The molecule has 0 aliphatic heterocycles. The third kappa shape index (κ3) is 27.9. The Morgan fingerprint density at radius 1 is 0.622 bits per heavy atom. The minimum Gasteiger partial charge on any atom is -0.466 e. The molecule has 1 atom stereocenters. The quantitative estimate of drug-likeness (QED) is 0.0392. The lowest BCUT2D eigenvalue weighted by atomic mass is 10.0. The van der Waals surface area contributed by atoms with Crippen LogP contribution in [0, 0.1) is 0 Å². The Kier molecular flexibility index (Phi) is 31.0. The zero-order valence-electron chi connectivity index (χ0n) is 30.7. The number of nitrogens with zero attached hydrogens (tertiary/aromatic N) is 2. The van der Waals surface area contributed by atoms with E-state index in [9.17, 15) is 13.2 Å². The van der Waals surface area contributed by atoms with Crippen molar-refractivity contribution in [2.45, 2.75) is 187 Å². The first-order valence-corrected chi connectivity index (χ1v) is 20.8. The first kappa shape index (κ1) is 44.1. The number of hydrogen-bond donors (Lipinski definition) is 0. The number of esters is 1. The molecule has 0 bridgehead atoms. The minimum atomic E-state index is -3.47. The highest BCUT2D eigenvalue weighted by molar-refractivity contribution is 7.89. The highest BCUT2D eigenvalue weighted by Gasteiger charge is 2.31. The van der Waals surface area contributed by atoms with Crippen LogP contribution >= 0.6 is 0 Å². The zero-order valence-corrected chi connectivity index (χ0v) is 31.5. The number of rotatable bonds is 34. The molecule has 0 aromatic rings. The van der Waals surface area contributed by atoms with Crippen molar-refractivity contribution in [3.8, 4) is 0 Å². The average Bonchev–Trinajstić information content (AvgIpc) is 3.00. The summed E-state index contributed by atoms with van der Waals surface area (Å²) in [6.45, 7) is 8.37. The number of unbranched alkanes of at least 4 members (excludes halogenated alkanes) is 18. The molecule has 0 spiro atoms. The van der Waals surface area contributed by atoms with Gasteiger partial charge in [-0.1, -0.05) is 142 Å². The van der Waals surface area contributed by atoms with Crippen LogP contribution < -0.4 is 0 Å². The fourth-order valence-electron chi connectivity index (χ4n) is 5.88. The molecule has 0 heterocycles. The summed E-state index contributed by atoms with van der Waals surface area (Å²) in [6.07, 6.45) is 31.2. The lowest BCUT2D eigenvalue weighted by Crippen LogP contribution is -2.44. The van der Waals surface area contributed by atoms with Gasteiger partial charge >= 0.3 is 5.97 Å². The van der Waals surface area contributed by atoms with E-state index in [0.717, 1.165) is 64.3 Å². The van der Waals surface area contributed by atoms with Gasteiger partial charge in [-0.3, -0.25) is 4.79 Å². The summed E-state index contributed by atoms with van der Waals surface area (Å²) in [5, 5.41) is 0. The Balaban J connectivity index is 5.20. The predicted octanol–water partition coefficient (Wildman–Crippen LogP) is 10.5. The predicted molar refractivity (Wildman–Crippen MR) is 195 cm³/mol. The van der Waals surface area contributed by atoms with Gasteiger partial charge in [-0.05, 0) is 65.6 Å². The van der Waals surface area contributed by atoms with Gasteiger partial charge in [0.15, 0.2) is 0 Å². The lowest BCUT2D eigenvalue weighted by Gasteiger charge is -2.31. The molecular weight excluding hydrogens is 580 g/mol. The SMILES string of the molecule is CCCCC/C=C\CCCOC(=O)CC(CCCCCCCCC)N(CCCN(C)C)S(=O)(=O)CCCCCCCCCCC. The van der Waals surface area contributed by atoms with Crippen molar-refractivity contribution >= 4 is 16.0 Å². The second-order valence-electron chi connectivity index (χ2n) is 13.5. The van der Waals surface area contributed by atoms with E-state index in [-0.39, 0.29) is 24.2 Å². The summed E-state index contributed by atoms with van der Waals surface area (Å²) in [7, 11) is 0.576. The highest BCUT2D eigenvalue weighted by Crippen LogP contribution is 2.22. The van der Waals surface area contributed by atoms with Gasteiger partial charge in [-0.2, -0.15) is 4.31 Å². The van der Waals surface area contributed by atoms with Gasteiger partial charge in [0, 0.05) is 12.6 Å². The van der Waals surface area contributed by atoms with E-state index in [1.807, 2.05) is 14.1 Å². The summed E-state index contributed by atoms with van der Waals surface area (Å²) >= 11 is 0. The van der Waals surface area contributed by atoms with Crippen LogP contribution in [0.3, 0.4) is 0 Å². The van der Waals surface area contributed by atoms with Crippen LogP contribution in [-0.2, 0) is 19.6 Å². The van der Waals surface area contributed by atoms with Crippen LogP contribution in [-0.4, -0.2) is 69.2 Å². The zero-order chi connectivity index (χ0) is 33.4. The molecule has 0 aliphatic carbocycles. The smallest absolute Gasteiger partial charge is 0.307 e. The maximum absolute atomic E-state index is 13.8. The molecule has 1 unspecified atom stereocenters. The van der Waals surface area contributed by atoms with Crippen molar-refractivity contribution in [1.29, 1.82) is 0 Å². The van der Waals surface area contributed by atoms with Gasteiger partial charge in [0.2, 0.25) is 10.0 Å². The van der Waals surface area contributed by atoms with Crippen molar-refractivity contribution in [2.75, 3.05) is 39.5 Å². The number of ether oxygens (including phenoxy) is 1. The molecule has 0 N–H and O–H groups in total. The Labute approximate surface area is 281 Å². The van der Waals surface area contributed by atoms with Crippen molar-refractivity contribution < 1.29 is 17.9 Å². The van der Waals surface area contributed by atoms with Crippen molar-refractivity contribution in [2.24, 2.45) is 0 Å². The number of allylic oxidation sites excluding steroid dienone is 2. The first-order valence-electron chi connectivity index (χ1n) is 19.2. The molecule has 0 aromatic heterocycles. The third-order valence-electron chi connectivity index (χ3n) is 8.72. The summed E-state index contributed by atoms with van der Waals surface area (Å²) in [4.78, 5) is 15.1. The maximum atomic E-state index is 13.8. The van der Waals surface area contributed by atoms with E-state index in [1.54, 1.807) is 4.31 Å². The minimum absolute atomic E-state index is 0.154. The number of sulfonamides is 1. The molecule has 45 heavy (non-hydrogen) atoms. The van der Waals surface area contributed by atoms with Crippen molar-refractivity contribution in [1.82, 2.24) is 9.21 Å². The van der Waals surface area contributed by atoms with E-state index in [4.69, 9.17) is 4.74 Å². The largest absolute Gasteiger partial charge is 0.466 e.